The summed E-state index contributed by atoms with van der Waals surface area (Å²) in [5.41, 5.74) is 0.484. The fourth-order valence-electron chi connectivity index (χ4n) is 1.54. The Labute approximate surface area is 102 Å². The van der Waals surface area contributed by atoms with Crippen LogP contribution in [0.2, 0.25) is 0 Å². The standard InChI is InChI=1S/C11H13BrFNO2/c12-9-2-1-3-10(13)11(9)14-6-8-4-5-15-7-16-8/h1-3,8,14H,4-7H2. The number of rotatable bonds is 3. The molecule has 88 valence electrons. The maximum atomic E-state index is 13.4. The average molecular weight is 290 g/mol. The summed E-state index contributed by atoms with van der Waals surface area (Å²) in [5, 5.41) is 3.05. The van der Waals surface area contributed by atoms with Gasteiger partial charge in [-0.05, 0) is 34.5 Å². The molecule has 1 heterocycles. The molecule has 1 unspecified atom stereocenters. The molecule has 0 aromatic heterocycles. The van der Waals surface area contributed by atoms with Gasteiger partial charge in [-0.25, -0.2) is 4.39 Å². The maximum absolute atomic E-state index is 13.4. The van der Waals surface area contributed by atoms with Gasteiger partial charge in [0.1, 0.15) is 12.6 Å². The number of hydrogen-bond acceptors (Lipinski definition) is 3. The van der Waals surface area contributed by atoms with E-state index in [0.717, 1.165) is 10.9 Å². The number of anilines is 1. The van der Waals surface area contributed by atoms with Crippen molar-refractivity contribution in [3.05, 3.63) is 28.5 Å². The predicted octanol–water partition coefficient (Wildman–Crippen LogP) is 2.76. The van der Waals surface area contributed by atoms with Crippen molar-refractivity contribution in [2.24, 2.45) is 0 Å². The Morgan fingerprint density at radius 2 is 2.38 bits per heavy atom. The Morgan fingerprint density at radius 1 is 1.50 bits per heavy atom. The summed E-state index contributed by atoms with van der Waals surface area (Å²) in [4.78, 5) is 0. The molecule has 1 aromatic rings. The van der Waals surface area contributed by atoms with Crippen molar-refractivity contribution < 1.29 is 13.9 Å². The fraction of sp³-hybridized carbons (Fsp3) is 0.455. The van der Waals surface area contributed by atoms with E-state index < -0.39 is 0 Å². The fourth-order valence-corrected chi connectivity index (χ4v) is 2.03. The van der Waals surface area contributed by atoms with Crippen LogP contribution in [-0.4, -0.2) is 26.0 Å². The van der Waals surface area contributed by atoms with Gasteiger partial charge in [-0.1, -0.05) is 6.07 Å². The molecule has 0 bridgehead atoms. The van der Waals surface area contributed by atoms with Crippen molar-refractivity contribution >= 4 is 21.6 Å². The van der Waals surface area contributed by atoms with E-state index in [1.807, 2.05) is 0 Å². The van der Waals surface area contributed by atoms with E-state index in [4.69, 9.17) is 9.47 Å². The lowest BCUT2D eigenvalue weighted by Crippen LogP contribution is -2.30. The van der Waals surface area contributed by atoms with Crippen LogP contribution in [0.15, 0.2) is 22.7 Å². The lowest BCUT2D eigenvalue weighted by atomic mass is 10.2. The summed E-state index contributed by atoms with van der Waals surface area (Å²) in [6, 6.07) is 4.89. The minimum absolute atomic E-state index is 0.0836. The third-order valence-corrected chi connectivity index (χ3v) is 3.10. The van der Waals surface area contributed by atoms with Crippen LogP contribution in [-0.2, 0) is 9.47 Å². The highest BCUT2D eigenvalue weighted by Crippen LogP contribution is 2.25. The van der Waals surface area contributed by atoms with Crippen molar-refractivity contribution in [3.8, 4) is 0 Å². The van der Waals surface area contributed by atoms with E-state index in [9.17, 15) is 4.39 Å². The first-order valence-corrected chi connectivity index (χ1v) is 5.94. The molecular formula is C11H13BrFNO2. The zero-order chi connectivity index (χ0) is 11.4. The second kappa shape index (κ2) is 5.61. The molecule has 0 spiro atoms. The predicted molar refractivity (Wildman–Crippen MR) is 62.9 cm³/mol. The van der Waals surface area contributed by atoms with Gasteiger partial charge in [0.25, 0.3) is 0 Å². The number of benzene rings is 1. The molecule has 1 atom stereocenters. The summed E-state index contributed by atoms with van der Waals surface area (Å²) < 4.78 is 24.6. The molecule has 16 heavy (non-hydrogen) atoms. The summed E-state index contributed by atoms with van der Waals surface area (Å²) in [6.07, 6.45) is 0.916. The number of ether oxygens (including phenoxy) is 2. The molecule has 0 aliphatic carbocycles. The van der Waals surface area contributed by atoms with E-state index >= 15 is 0 Å². The molecule has 1 aliphatic heterocycles. The normalized spacial score (nSPS) is 20.8. The third kappa shape index (κ3) is 2.93. The van der Waals surface area contributed by atoms with E-state index in [2.05, 4.69) is 21.2 Å². The maximum Gasteiger partial charge on any atom is 0.147 e. The molecule has 1 saturated heterocycles. The zero-order valence-corrected chi connectivity index (χ0v) is 10.3. The van der Waals surface area contributed by atoms with Crippen molar-refractivity contribution in [2.75, 3.05) is 25.3 Å². The molecule has 1 fully saturated rings. The van der Waals surface area contributed by atoms with Crippen molar-refractivity contribution in [1.82, 2.24) is 0 Å². The smallest absolute Gasteiger partial charge is 0.147 e. The molecule has 2 rings (SSSR count). The second-order valence-electron chi connectivity index (χ2n) is 3.58. The lowest BCUT2D eigenvalue weighted by Gasteiger charge is -2.23. The Morgan fingerprint density at radius 3 is 3.06 bits per heavy atom. The Hall–Kier alpha value is -0.650. The van der Waals surface area contributed by atoms with Crippen LogP contribution in [0.25, 0.3) is 0 Å². The van der Waals surface area contributed by atoms with Gasteiger partial charge >= 0.3 is 0 Å². The van der Waals surface area contributed by atoms with Gasteiger partial charge in [-0.2, -0.15) is 0 Å². The second-order valence-corrected chi connectivity index (χ2v) is 4.44. The molecule has 1 aromatic carbocycles. The minimum Gasteiger partial charge on any atom is -0.379 e. The third-order valence-electron chi connectivity index (χ3n) is 2.44. The summed E-state index contributed by atoms with van der Waals surface area (Å²) in [6.45, 7) is 1.61. The van der Waals surface area contributed by atoms with E-state index in [-0.39, 0.29) is 11.9 Å². The van der Waals surface area contributed by atoms with E-state index in [1.54, 1.807) is 12.1 Å². The highest BCUT2D eigenvalue weighted by molar-refractivity contribution is 9.10. The van der Waals surface area contributed by atoms with Crippen LogP contribution in [0, 0.1) is 5.82 Å². The zero-order valence-electron chi connectivity index (χ0n) is 8.71. The van der Waals surface area contributed by atoms with Crippen molar-refractivity contribution in [1.29, 1.82) is 0 Å². The van der Waals surface area contributed by atoms with Gasteiger partial charge in [0.15, 0.2) is 0 Å². The quantitative estimate of drug-likeness (QED) is 0.928. The molecule has 0 amide bonds. The molecule has 0 saturated carbocycles. The van der Waals surface area contributed by atoms with Crippen LogP contribution < -0.4 is 5.32 Å². The van der Waals surface area contributed by atoms with Gasteiger partial charge < -0.3 is 14.8 Å². The number of para-hydroxylation sites is 1. The van der Waals surface area contributed by atoms with E-state index in [1.165, 1.54) is 6.07 Å². The van der Waals surface area contributed by atoms with Gasteiger partial charge in [-0.3, -0.25) is 0 Å². The number of halogens is 2. The summed E-state index contributed by atoms with van der Waals surface area (Å²) >= 11 is 3.30. The number of nitrogens with one attached hydrogen (secondary N) is 1. The van der Waals surface area contributed by atoms with Crippen LogP contribution in [0.1, 0.15) is 6.42 Å². The Kier molecular flexibility index (Phi) is 4.15. The molecule has 1 N–H and O–H groups in total. The van der Waals surface area contributed by atoms with Gasteiger partial charge in [0.2, 0.25) is 0 Å². The Balaban J connectivity index is 1.93. The minimum atomic E-state index is -0.263. The van der Waals surface area contributed by atoms with Crippen LogP contribution in [0.5, 0.6) is 0 Å². The van der Waals surface area contributed by atoms with Gasteiger partial charge in [0, 0.05) is 11.0 Å². The molecule has 1 aliphatic rings. The Bertz CT molecular complexity index is 336. The molecule has 5 heteroatoms. The molecule has 3 nitrogen and oxygen atoms in total. The van der Waals surface area contributed by atoms with E-state index in [0.29, 0.717) is 25.6 Å². The van der Waals surface area contributed by atoms with Crippen molar-refractivity contribution in [3.63, 3.8) is 0 Å². The first-order valence-electron chi connectivity index (χ1n) is 5.14. The van der Waals surface area contributed by atoms with Crippen LogP contribution >= 0.6 is 15.9 Å². The van der Waals surface area contributed by atoms with Crippen LogP contribution in [0.4, 0.5) is 10.1 Å². The molecule has 0 radical (unpaired) electrons. The average Bonchev–Trinajstić information content (AvgIpc) is 2.30. The topological polar surface area (TPSA) is 30.5 Å². The van der Waals surface area contributed by atoms with Crippen LogP contribution in [0.3, 0.4) is 0 Å². The first-order chi connectivity index (χ1) is 7.77. The monoisotopic (exact) mass is 289 g/mol. The summed E-state index contributed by atoms with van der Waals surface area (Å²) in [5.74, 6) is -0.263. The lowest BCUT2D eigenvalue weighted by molar-refractivity contribution is -0.133. The SMILES string of the molecule is Fc1cccc(Br)c1NCC1CCOCO1. The largest absolute Gasteiger partial charge is 0.379 e. The number of hydrogen-bond donors (Lipinski definition) is 1. The first kappa shape index (κ1) is 11.8. The van der Waals surface area contributed by atoms with Gasteiger partial charge in [0.05, 0.1) is 18.4 Å². The molecular weight excluding hydrogens is 277 g/mol. The summed E-state index contributed by atoms with van der Waals surface area (Å²) in [7, 11) is 0. The highest BCUT2D eigenvalue weighted by atomic mass is 79.9. The van der Waals surface area contributed by atoms with Crippen molar-refractivity contribution in [2.45, 2.75) is 12.5 Å². The highest BCUT2D eigenvalue weighted by Gasteiger charge is 2.15. The van der Waals surface area contributed by atoms with Gasteiger partial charge in [-0.15, -0.1) is 0 Å².